The summed E-state index contributed by atoms with van der Waals surface area (Å²) in [5, 5.41) is 19.4. The number of aromatic nitrogens is 2. The number of fused-ring (bicyclic) bond motifs is 2. The topological polar surface area (TPSA) is 82.6 Å². The maximum atomic E-state index is 9.05. The summed E-state index contributed by atoms with van der Waals surface area (Å²) in [6, 6.07) is 9.47. The van der Waals surface area contributed by atoms with Crippen LogP contribution in [0.2, 0.25) is 0 Å². The maximum Gasteiger partial charge on any atom is 0.135 e. The highest BCUT2D eigenvalue weighted by molar-refractivity contribution is 8.09. The molecule has 0 atom stereocenters. The SMILES string of the molecule is COc1ccc2nc3c(nc2c1)SC(C#N)=C(C#N)S3. The van der Waals surface area contributed by atoms with E-state index in [4.69, 9.17) is 15.3 Å². The van der Waals surface area contributed by atoms with Gasteiger partial charge in [0, 0.05) is 6.07 Å². The van der Waals surface area contributed by atoms with E-state index in [-0.39, 0.29) is 0 Å². The fourth-order valence-corrected chi connectivity index (χ4v) is 3.50. The zero-order valence-corrected chi connectivity index (χ0v) is 11.9. The van der Waals surface area contributed by atoms with Crippen molar-refractivity contribution in [1.82, 2.24) is 9.97 Å². The molecule has 96 valence electrons. The summed E-state index contributed by atoms with van der Waals surface area (Å²) in [4.78, 5) is 9.71. The third kappa shape index (κ3) is 2.07. The van der Waals surface area contributed by atoms with Gasteiger partial charge in [0.05, 0.1) is 18.1 Å². The van der Waals surface area contributed by atoms with Crippen LogP contribution in [0.4, 0.5) is 0 Å². The van der Waals surface area contributed by atoms with Crippen LogP contribution in [0, 0.1) is 22.7 Å². The lowest BCUT2D eigenvalue weighted by atomic mass is 10.3. The third-order valence-electron chi connectivity index (χ3n) is 2.62. The van der Waals surface area contributed by atoms with E-state index in [1.54, 1.807) is 13.2 Å². The fraction of sp³-hybridized carbons (Fsp3) is 0.0769. The van der Waals surface area contributed by atoms with Crippen LogP contribution in [-0.2, 0) is 0 Å². The summed E-state index contributed by atoms with van der Waals surface area (Å²) < 4.78 is 5.16. The summed E-state index contributed by atoms with van der Waals surface area (Å²) in [5.41, 5.74) is 1.43. The van der Waals surface area contributed by atoms with Crippen molar-refractivity contribution in [3.8, 4) is 17.9 Å². The minimum atomic E-state index is 0.363. The first-order valence-electron chi connectivity index (χ1n) is 5.51. The van der Waals surface area contributed by atoms with Crippen LogP contribution >= 0.6 is 23.5 Å². The molecule has 0 saturated heterocycles. The van der Waals surface area contributed by atoms with Crippen molar-refractivity contribution in [2.24, 2.45) is 0 Å². The Morgan fingerprint density at radius 2 is 1.60 bits per heavy atom. The number of ether oxygens (including phenoxy) is 1. The number of methoxy groups -OCH3 is 1. The molecule has 0 radical (unpaired) electrons. The Labute approximate surface area is 123 Å². The van der Waals surface area contributed by atoms with Gasteiger partial charge in [-0.05, 0) is 12.1 Å². The van der Waals surface area contributed by atoms with Gasteiger partial charge in [-0.3, -0.25) is 0 Å². The number of nitrogens with zero attached hydrogens (tertiary/aromatic N) is 4. The summed E-state index contributed by atoms with van der Waals surface area (Å²) in [5.74, 6) is 0.703. The van der Waals surface area contributed by atoms with Crippen LogP contribution in [0.3, 0.4) is 0 Å². The largest absolute Gasteiger partial charge is 0.497 e. The van der Waals surface area contributed by atoms with E-state index in [0.717, 1.165) is 5.52 Å². The van der Waals surface area contributed by atoms with E-state index in [0.29, 0.717) is 31.1 Å². The van der Waals surface area contributed by atoms with Gasteiger partial charge in [0.15, 0.2) is 0 Å². The highest BCUT2D eigenvalue weighted by atomic mass is 32.2. The van der Waals surface area contributed by atoms with E-state index in [2.05, 4.69) is 9.97 Å². The van der Waals surface area contributed by atoms with E-state index in [9.17, 15) is 0 Å². The Hall–Kier alpha value is -2.22. The maximum absolute atomic E-state index is 9.05. The van der Waals surface area contributed by atoms with Gasteiger partial charge in [-0.15, -0.1) is 0 Å². The molecule has 1 aliphatic rings. The molecule has 7 heteroatoms. The zero-order valence-electron chi connectivity index (χ0n) is 10.2. The van der Waals surface area contributed by atoms with Crippen molar-refractivity contribution >= 4 is 34.6 Å². The Kier molecular flexibility index (Phi) is 3.23. The van der Waals surface area contributed by atoms with Crippen molar-refractivity contribution in [2.45, 2.75) is 10.1 Å². The molecule has 5 nitrogen and oxygen atoms in total. The van der Waals surface area contributed by atoms with Gasteiger partial charge in [-0.1, -0.05) is 23.5 Å². The Morgan fingerprint density at radius 3 is 2.15 bits per heavy atom. The average molecular weight is 298 g/mol. The quantitative estimate of drug-likeness (QED) is 0.799. The summed E-state index contributed by atoms with van der Waals surface area (Å²) in [6.07, 6.45) is 0. The predicted octanol–water partition coefficient (Wildman–Crippen LogP) is 3.09. The number of hydrogen-bond donors (Lipinski definition) is 0. The molecule has 3 rings (SSSR count). The first-order valence-corrected chi connectivity index (χ1v) is 7.14. The lowest BCUT2D eigenvalue weighted by molar-refractivity contribution is 0.415. The van der Waals surface area contributed by atoms with Crippen LogP contribution < -0.4 is 4.74 Å². The molecule has 0 bridgehead atoms. The molecule has 20 heavy (non-hydrogen) atoms. The molecule has 2 aromatic rings. The third-order valence-corrected chi connectivity index (χ3v) is 4.83. The number of benzene rings is 1. The fourth-order valence-electron chi connectivity index (χ4n) is 1.69. The number of rotatable bonds is 1. The molecule has 0 unspecified atom stereocenters. The predicted molar refractivity (Wildman–Crippen MR) is 76.1 cm³/mol. The molecule has 0 fully saturated rings. The smallest absolute Gasteiger partial charge is 0.135 e. The van der Waals surface area contributed by atoms with Crippen molar-refractivity contribution in [2.75, 3.05) is 7.11 Å². The highest BCUT2D eigenvalue weighted by Gasteiger charge is 2.23. The first kappa shape index (κ1) is 12.8. The van der Waals surface area contributed by atoms with Crippen molar-refractivity contribution < 1.29 is 4.74 Å². The number of hydrogen-bond acceptors (Lipinski definition) is 7. The van der Waals surface area contributed by atoms with Crippen LogP contribution in [0.25, 0.3) is 11.0 Å². The molecule has 0 saturated carbocycles. The van der Waals surface area contributed by atoms with Gasteiger partial charge < -0.3 is 4.74 Å². The van der Waals surface area contributed by atoms with Gasteiger partial charge in [0.1, 0.15) is 37.8 Å². The second kappa shape index (κ2) is 5.04. The van der Waals surface area contributed by atoms with Crippen LogP contribution in [0.5, 0.6) is 5.75 Å². The second-order valence-corrected chi connectivity index (χ2v) is 5.77. The normalized spacial score (nSPS) is 13.6. The van der Waals surface area contributed by atoms with Crippen LogP contribution in [0.1, 0.15) is 0 Å². The first-order chi connectivity index (χ1) is 9.75. The van der Waals surface area contributed by atoms with Crippen molar-refractivity contribution in [3.63, 3.8) is 0 Å². The lowest BCUT2D eigenvalue weighted by Crippen LogP contribution is -1.98. The van der Waals surface area contributed by atoms with Gasteiger partial charge in [0.2, 0.25) is 0 Å². The molecule has 0 amide bonds. The van der Waals surface area contributed by atoms with Crippen molar-refractivity contribution in [1.29, 1.82) is 10.5 Å². The Bertz CT molecular complexity index is 833. The van der Waals surface area contributed by atoms with Gasteiger partial charge in [-0.2, -0.15) is 10.5 Å². The van der Waals surface area contributed by atoms with Crippen LogP contribution in [0.15, 0.2) is 38.1 Å². The van der Waals surface area contributed by atoms with E-state index >= 15 is 0 Å². The molecular formula is C13H6N4OS2. The Balaban J connectivity index is 2.15. The minimum Gasteiger partial charge on any atom is -0.497 e. The number of nitriles is 2. The molecule has 0 N–H and O–H groups in total. The zero-order chi connectivity index (χ0) is 14.1. The van der Waals surface area contributed by atoms with E-state index in [1.807, 2.05) is 24.3 Å². The molecule has 2 heterocycles. The molecule has 0 aliphatic carbocycles. The summed E-state index contributed by atoms with van der Waals surface area (Å²) >= 11 is 2.36. The van der Waals surface area contributed by atoms with Gasteiger partial charge in [0.25, 0.3) is 0 Å². The number of allylic oxidation sites excluding steroid dienone is 2. The van der Waals surface area contributed by atoms with Gasteiger partial charge >= 0.3 is 0 Å². The summed E-state index contributed by atoms with van der Waals surface area (Å²) in [7, 11) is 1.59. The minimum absolute atomic E-state index is 0.363. The lowest BCUT2D eigenvalue weighted by Gasteiger charge is -2.13. The molecule has 1 aromatic carbocycles. The molecule has 1 aromatic heterocycles. The Morgan fingerprint density at radius 1 is 1.00 bits per heavy atom. The standard InChI is InChI=1S/C13H6N4OS2/c1-18-7-2-3-8-9(4-7)17-13-12(16-8)19-10(5-14)11(6-15)20-13/h2-4H,1H3. The summed E-state index contributed by atoms with van der Waals surface area (Å²) in [6.45, 7) is 0. The second-order valence-electron chi connectivity index (χ2n) is 3.77. The highest BCUT2D eigenvalue weighted by Crippen LogP contribution is 2.44. The average Bonchev–Trinajstić information content (AvgIpc) is 2.50. The monoisotopic (exact) mass is 298 g/mol. The number of thioether (sulfide) groups is 2. The van der Waals surface area contributed by atoms with Crippen molar-refractivity contribution in [3.05, 3.63) is 28.0 Å². The van der Waals surface area contributed by atoms with E-state index < -0.39 is 0 Å². The molecule has 1 aliphatic heterocycles. The molecule has 0 spiro atoms. The van der Waals surface area contributed by atoms with E-state index in [1.165, 1.54) is 23.5 Å². The van der Waals surface area contributed by atoms with Gasteiger partial charge in [-0.25, -0.2) is 9.97 Å². The molecular weight excluding hydrogens is 292 g/mol. The van der Waals surface area contributed by atoms with Crippen LogP contribution in [-0.4, -0.2) is 17.1 Å².